The first-order valence-corrected chi connectivity index (χ1v) is 11.7. The highest BCUT2D eigenvalue weighted by Gasteiger charge is 2.37. The molecule has 1 aliphatic heterocycles. The maximum absolute atomic E-state index is 13.4. The van der Waals surface area contributed by atoms with Crippen molar-refractivity contribution in [3.63, 3.8) is 0 Å². The van der Waals surface area contributed by atoms with Crippen LogP contribution in [0.15, 0.2) is 29.6 Å². The number of fused-ring (bicyclic) bond motifs is 1. The molecule has 0 bridgehead atoms. The van der Waals surface area contributed by atoms with Crippen molar-refractivity contribution in [2.24, 2.45) is 0 Å². The summed E-state index contributed by atoms with van der Waals surface area (Å²) >= 11 is 1.74. The van der Waals surface area contributed by atoms with Crippen LogP contribution < -0.4 is 4.74 Å². The number of hydrogen-bond donors (Lipinski definition) is 0. The molecule has 1 aromatic carbocycles. The van der Waals surface area contributed by atoms with Gasteiger partial charge in [-0.1, -0.05) is 17.7 Å². The third kappa shape index (κ3) is 4.93. The van der Waals surface area contributed by atoms with Crippen molar-refractivity contribution in [2.45, 2.75) is 45.2 Å². The van der Waals surface area contributed by atoms with Crippen LogP contribution >= 0.6 is 11.3 Å². The van der Waals surface area contributed by atoms with E-state index in [0.717, 1.165) is 36.1 Å². The van der Waals surface area contributed by atoms with Crippen molar-refractivity contribution in [2.75, 3.05) is 33.4 Å². The summed E-state index contributed by atoms with van der Waals surface area (Å²) in [6.07, 6.45) is 2.75. The summed E-state index contributed by atoms with van der Waals surface area (Å²) in [5, 5.41) is 2.08. The molecule has 1 aliphatic carbocycles. The van der Waals surface area contributed by atoms with Gasteiger partial charge >= 0.3 is 0 Å². The van der Waals surface area contributed by atoms with E-state index in [4.69, 9.17) is 9.47 Å². The number of nitrogens with zero attached hydrogens (tertiary/aromatic N) is 2. The molecule has 0 radical (unpaired) electrons. The van der Waals surface area contributed by atoms with E-state index in [-0.39, 0.29) is 37.0 Å². The van der Waals surface area contributed by atoms with E-state index >= 15 is 0 Å². The molecular weight excluding hydrogens is 412 g/mol. The number of thiophene rings is 1. The lowest BCUT2D eigenvalue weighted by atomic mass is 10.00. The lowest BCUT2D eigenvalue weighted by Gasteiger charge is -2.37. The average Bonchev–Trinajstić information content (AvgIpc) is 3.47. The number of carbonyl (C=O) groups is 2. The number of rotatable bonds is 8. The number of amides is 2. The fourth-order valence-electron chi connectivity index (χ4n) is 4.25. The molecule has 4 rings (SSSR count). The van der Waals surface area contributed by atoms with Crippen LogP contribution in [0.1, 0.15) is 40.5 Å². The molecule has 1 fully saturated rings. The van der Waals surface area contributed by atoms with E-state index < -0.39 is 0 Å². The number of aryl methyl sites for hydroxylation is 2. The van der Waals surface area contributed by atoms with Crippen LogP contribution in [0.5, 0.6) is 5.75 Å². The third-order valence-electron chi connectivity index (χ3n) is 6.02. The zero-order valence-electron chi connectivity index (χ0n) is 18.4. The van der Waals surface area contributed by atoms with Crippen LogP contribution in [0.4, 0.5) is 0 Å². The first kappa shape index (κ1) is 21.8. The fourth-order valence-corrected chi connectivity index (χ4v) is 5.18. The zero-order chi connectivity index (χ0) is 22.0. The molecule has 1 saturated carbocycles. The molecule has 2 aromatic rings. The Kier molecular flexibility index (Phi) is 6.62. The van der Waals surface area contributed by atoms with Crippen molar-refractivity contribution in [3.8, 4) is 5.75 Å². The summed E-state index contributed by atoms with van der Waals surface area (Å²) < 4.78 is 11.2. The highest BCUT2D eigenvalue weighted by molar-refractivity contribution is 7.10. The van der Waals surface area contributed by atoms with Crippen LogP contribution in [0, 0.1) is 13.8 Å². The minimum Gasteiger partial charge on any atom is -0.491 e. The quantitative estimate of drug-likeness (QED) is 0.628. The molecule has 2 amide bonds. The smallest absolute Gasteiger partial charge is 0.249 e. The van der Waals surface area contributed by atoms with Crippen LogP contribution in [0.2, 0.25) is 0 Å². The first-order chi connectivity index (χ1) is 15.0. The molecule has 1 atom stereocenters. The van der Waals surface area contributed by atoms with Gasteiger partial charge in [-0.05, 0) is 61.7 Å². The van der Waals surface area contributed by atoms with Gasteiger partial charge in [-0.25, -0.2) is 0 Å². The molecule has 2 aliphatic rings. The second kappa shape index (κ2) is 9.40. The predicted molar refractivity (Wildman–Crippen MR) is 120 cm³/mol. The van der Waals surface area contributed by atoms with E-state index in [2.05, 4.69) is 24.4 Å². The molecule has 2 heterocycles. The summed E-state index contributed by atoms with van der Waals surface area (Å²) in [4.78, 5) is 30.7. The molecule has 0 saturated heterocycles. The summed E-state index contributed by atoms with van der Waals surface area (Å²) in [6, 6.07) is 8.25. The van der Waals surface area contributed by atoms with Gasteiger partial charge in [0.25, 0.3) is 0 Å². The molecule has 31 heavy (non-hydrogen) atoms. The molecule has 6 nitrogen and oxygen atoms in total. The Balaban J connectivity index is 1.51. The molecular formula is C24H30N2O4S. The van der Waals surface area contributed by atoms with Crippen molar-refractivity contribution in [3.05, 3.63) is 51.2 Å². The van der Waals surface area contributed by atoms with E-state index in [1.807, 2.05) is 24.0 Å². The summed E-state index contributed by atoms with van der Waals surface area (Å²) in [5.41, 5.74) is 3.44. The second-order valence-corrected chi connectivity index (χ2v) is 9.42. The SMILES string of the molecule is COCC(=O)N(CC(=O)N1CCc2sccc2[C@H]1COc1ccc(C)cc1C)C1CC1. The Morgan fingerprint density at radius 2 is 2.03 bits per heavy atom. The fraction of sp³-hybridized carbons (Fsp3) is 0.500. The second-order valence-electron chi connectivity index (χ2n) is 8.42. The van der Waals surface area contributed by atoms with Gasteiger partial charge in [0.05, 0.1) is 6.04 Å². The summed E-state index contributed by atoms with van der Waals surface area (Å²) in [6.45, 7) is 5.26. The van der Waals surface area contributed by atoms with Crippen LogP contribution in [0.25, 0.3) is 0 Å². The Bertz CT molecular complexity index is 953. The van der Waals surface area contributed by atoms with Gasteiger partial charge in [-0.15, -0.1) is 11.3 Å². The maximum Gasteiger partial charge on any atom is 0.249 e. The van der Waals surface area contributed by atoms with Crippen LogP contribution in [0.3, 0.4) is 0 Å². The van der Waals surface area contributed by atoms with E-state index in [1.165, 1.54) is 17.6 Å². The van der Waals surface area contributed by atoms with Gasteiger partial charge in [0.2, 0.25) is 11.8 Å². The molecule has 0 unspecified atom stereocenters. The Labute approximate surface area is 187 Å². The van der Waals surface area contributed by atoms with E-state index in [9.17, 15) is 9.59 Å². The van der Waals surface area contributed by atoms with Crippen LogP contribution in [-0.2, 0) is 20.7 Å². The summed E-state index contributed by atoms with van der Waals surface area (Å²) in [7, 11) is 1.51. The van der Waals surface area contributed by atoms with Crippen molar-refractivity contribution < 1.29 is 19.1 Å². The lowest BCUT2D eigenvalue weighted by molar-refractivity contribution is -0.145. The largest absolute Gasteiger partial charge is 0.491 e. The number of benzene rings is 1. The Morgan fingerprint density at radius 1 is 1.23 bits per heavy atom. The summed E-state index contributed by atoms with van der Waals surface area (Å²) in [5.74, 6) is 0.701. The normalized spacial score (nSPS) is 17.9. The minimum atomic E-state index is -0.151. The van der Waals surface area contributed by atoms with Crippen molar-refractivity contribution in [1.82, 2.24) is 9.80 Å². The third-order valence-corrected chi connectivity index (χ3v) is 7.02. The molecule has 0 N–H and O–H groups in total. The minimum absolute atomic E-state index is 0.0116. The number of hydrogen-bond acceptors (Lipinski definition) is 5. The number of ether oxygens (including phenoxy) is 2. The predicted octanol–water partition coefficient (Wildman–Crippen LogP) is 3.51. The van der Waals surface area contributed by atoms with Crippen molar-refractivity contribution >= 4 is 23.2 Å². The number of methoxy groups -OCH3 is 1. The highest BCUT2D eigenvalue weighted by atomic mass is 32.1. The average molecular weight is 443 g/mol. The molecule has 166 valence electrons. The van der Waals surface area contributed by atoms with Crippen molar-refractivity contribution in [1.29, 1.82) is 0 Å². The molecule has 7 heteroatoms. The highest BCUT2D eigenvalue weighted by Crippen LogP contribution is 2.35. The number of carbonyl (C=O) groups excluding carboxylic acids is 2. The first-order valence-electron chi connectivity index (χ1n) is 10.8. The molecule has 0 spiro atoms. The Hall–Kier alpha value is -2.38. The van der Waals surface area contributed by atoms with Gasteiger partial charge < -0.3 is 19.3 Å². The van der Waals surface area contributed by atoms with E-state index in [1.54, 1.807) is 16.2 Å². The van der Waals surface area contributed by atoms with Gasteiger partial charge in [-0.2, -0.15) is 0 Å². The standard InChI is InChI=1S/C24H30N2O4S/c1-16-4-7-21(17(2)12-16)30-14-20-19-9-11-31-22(19)8-10-25(20)23(27)13-26(18-5-6-18)24(28)15-29-3/h4,7,9,11-12,18,20H,5-6,8,10,13-15H2,1-3H3/t20-/m1/s1. The maximum atomic E-state index is 13.4. The Morgan fingerprint density at radius 3 is 2.74 bits per heavy atom. The van der Waals surface area contributed by atoms with Gasteiger partial charge in [-0.3, -0.25) is 9.59 Å². The van der Waals surface area contributed by atoms with Gasteiger partial charge in [0.15, 0.2) is 0 Å². The molecule has 1 aromatic heterocycles. The zero-order valence-corrected chi connectivity index (χ0v) is 19.2. The van der Waals surface area contributed by atoms with Gasteiger partial charge in [0, 0.05) is 24.6 Å². The van der Waals surface area contributed by atoms with Gasteiger partial charge in [0.1, 0.15) is 25.5 Å². The van der Waals surface area contributed by atoms with E-state index in [0.29, 0.717) is 13.2 Å². The topological polar surface area (TPSA) is 59.1 Å². The van der Waals surface area contributed by atoms with Crippen LogP contribution in [-0.4, -0.2) is 61.1 Å². The monoisotopic (exact) mass is 442 g/mol. The lowest BCUT2D eigenvalue weighted by Crippen LogP contribution is -2.49.